The summed E-state index contributed by atoms with van der Waals surface area (Å²) in [4.78, 5) is 0. The zero-order chi connectivity index (χ0) is 20.8. The molecule has 0 N–H and O–H groups in total. The molecule has 148 valence electrons. The van der Waals surface area contributed by atoms with Gasteiger partial charge in [-0.1, -0.05) is 0 Å². The van der Waals surface area contributed by atoms with Gasteiger partial charge in [-0.3, -0.25) is 0 Å². The Hall–Kier alpha value is -1.62. The molecule has 0 heterocycles. The molecule has 0 fully saturated rings. The Morgan fingerprint density at radius 3 is 0.867 bits per heavy atom. The van der Waals surface area contributed by atoms with E-state index in [4.69, 9.17) is 0 Å². The van der Waals surface area contributed by atoms with Crippen molar-refractivity contribution in [2.75, 3.05) is 0 Å². The molecule has 30 heavy (non-hydrogen) atoms. The molecule has 0 saturated carbocycles. The molecule has 0 aromatic heterocycles. The van der Waals surface area contributed by atoms with Crippen molar-refractivity contribution in [1.29, 1.82) is 0 Å². The molecule has 3 heteroatoms. The summed E-state index contributed by atoms with van der Waals surface area (Å²) in [5.74, 6) is 0. The fourth-order valence-electron chi connectivity index (χ4n) is 3.98. The summed E-state index contributed by atoms with van der Waals surface area (Å²) < 4.78 is 0.733. The van der Waals surface area contributed by atoms with Crippen molar-refractivity contribution in [1.82, 2.24) is 0 Å². The molecule has 4 rings (SSSR count). The van der Waals surface area contributed by atoms with Crippen LogP contribution in [0.1, 0.15) is 0 Å². The van der Waals surface area contributed by atoms with Crippen molar-refractivity contribution in [2.45, 2.75) is 14.9 Å². The van der Waals surface area contributed by atoms with Gasteiger partial charge in [0, 0.05) is 0 Å². The van der Waals surface area contributed by atoms with Gasteiger partial charge in [0.15, 0.2) is 0 Å². The van der Waals surface area contributed by atoms with Gasteiger partial charge in [0.1, 0.15) is 0 Å². The molecule has 0 amide bonds. The number of hydrogen-bond donors (Lipinski definition) is 0. The maximum absolute atomic E-state index is 2.60. The van der Waals surface area contributed by atoms with Crippen LogP contribution in [0.15, 0.2) is 121 Å². The van der Waals surface area contributed by atoms with E-state index in [1.54, 1.807) is 0 Å². The Balaban J connectivity index is 1.92. The van der Waals surface area contributed by atoms with E-state index >= 15 is 0 Å². The van der Waals surface area contributed by atoms with Gasteiger partial charge in [-0.25, -0.2) is 0 Å². The van der Waals surface area contributed by atoms with Crippen molar-refractivity contribution >= 4 is 53.3 Å². The Morgan fingerprint density at radius 1 is 0.433 bits per heavy atom. The molecular formula is C27H27GaP2. The van der Waals surface area contributed by atoms with Crippen LogP contribution in [-0.4, -0.2) is 20.2 Å². The van der Waals surface area contributed by atoms with Crippen molar-refractivity contribution in [2.24, 2.45) is 0 Å². The first-order valence-corrected chi connectivity index (χ1v) is 19.6. The van der Waals surface area contributed by atoms with Gasteiger partial charge in [0.05, 0.1) is 0 Å². The third-order valence-electron chi connectivity index (χ3n) is 5.26. The second-order valence-corrected chi connectivity index (χ2v) is 21.8. The average molecular weight is 483 g/mol. The van der Waals surface area contributed by atoms with Crippen LogP contribution in [0.4, 0.5) is 0 Å². The topological polar surface area (TPSA) is 0 Å². The summed E-state index contributed by atoms with van der Waals surface area (Å²) in [5.41, 5.74) is 5.19. The first-order valence-electron chi connectivity index (χ1n) is 10.5. The third kappa shape index (κ3) is 4.98. The van der Waals surface area contributed by atoms with E-state index in [-0.39, 0.29) is 0 Å². The number of hydrogen-bond acceptors (Lipinski definition) is 0. The van der Waals surface area contributed by atoms with E-state index < -0.39 is 32.1 Å². The molecule has 0 spiro atoms. The molecule has 0 radical (unpaired) electrons. The van der Waals surface area contributed by atoms with Gasteiger partial charge in [-0.05, 0) is 0 Å². The summed E-state index contributed by atoms with van der Waals surface area (Å²) in [6.07, 6.45) is 0. The van der Waals surface area contributed by atoms with Crippen LogP contribution in [0.25, 0.3) is 0 Å². The minimum absolute atomic E-state index is 0.428. The van der Waals surface area contributed by atoms with Crippen molar-refractivity contribution < 1.29 is 0 Å². The molecule has 0 atom stereocenters. The predicted octanol–water partition coefficient (Wildman–Crippen LogP) is 5.87. The minimum atomic E-state index is -1.58. The molecule has 0 nitrogen and oxygen atoms in total. The quantitative estimate of drug-likeness (QED) is 0.228. The van der Waals surface area contributed by atoms with Gasteiger partial charge in [0.2, 0.25) is 0 Å². The second-order valence-electron chi connectivity index (χ2n) is 7.74. The van der Waals surface area contributed by atoms with Crippen molar-refractivity contribution in [3.8, 4) is 0 Å². The summed E-state index contributed by atoms with van der Waals surface area (Å²) >= 11 is -1.58. The molecular weight excluding hydrogens is 456 g/mol. The monoisotopic (exact) mass is 482 g/mol. The molecule has 0 saturated heterocycles. The molecule has 0 unspecified atom stereocenters. The first kappa shape index (κ1) is 21.6. The van der Waals surface area contributed by atoms with E-state index in [0.29, 0.717) is 0 Å². The van der Waals surface area contributed by atoms with E-state index in [9.17, 15) is 0 Å². The fraction of sp³-hybridized carbons (Fsp3) is 0.111. The molecule has 0 bridgehead atoms. The summed E-state index contributed by atoms with van der Waals surface area (Å²) in [6.45, 7) is 0. The number of rotatable bonds is 7. The fourth-order valence-corrected chi connectivity index (χ4v) is 23.3. The summed E-state index contributed by atoms with van der Waals surface area (Å²) in [7, 11) is -0.856. The van der Waals surface area contributed by atoms with E-state index in [0.717, 1.165) is 3.95 Å². The summed E-state index contributed by atoms with van der Waals surface area (Å²) in [6, 6.07) is 45.2. The second kappa shape index (κ2) is 10.6. The Bertz CT molecular complexity index is 859. The first-order chi connectivity index (χ1) is 14.8. The van der Waals surface area contributed by atoms with Crippen LogP contribution in [0.5, 0.6) is 0 Å². The maximum atomic E-state index is 2.60. The molecule has 4 aromatic rings. The SMILES string of the molecule is [CH3][Ga]([CH3])[CH](P(c1ccccc1)c1ccccc1)P(c1ccccc1)c1ccccc1. The Kier molecular flexibility index (Phi) is 7.64. The van der Waals surface area contributed by atoms with E-state index in [2.05, 4.69) is 132 Å². The van der Waals surface area contributed by atoms with Gasteiger partial charge in [-0.2, -0.15) is 0 Å². The zero-order valence-corrected chi connectivity index (χ0v) is 21.8. The molecule has 4 aromatic carbocycles. The van der Waals surface area contributed by atoms with Crippen LogP contribution in [0, 0.1) is 0 Å². The zero-order valence-electron chi connectivity index (χ0n) is 17.6. The van der Waals surface area contributed by atoms with Gasteiger partial charge in [0.25, 0.3) is 0 Å². The summed E-state index contributed by atoms with van der Waals surface area (Å²) in [5, 5.41) is 6.06. The third-order valence-corrected chi connectivity index (χ3v) is 23.6. The number of benzene rings is 4. The van der Waals surface area contributed by atoms with Gasteiger partial charge >= 0.3 is 190 Å². The van der Waals surface area contributed by atoms with Crippen LogP contribution >= 0.6 is 15.8 Å². The van der Waals surface area contributed by atoms with Gasteiger partial charge in [-0.15, -0.1) is 0 Å². The van der Waals surface area contributed by atoms with Crippen molar-refractivity contribution in [3.63, 3.8) is 0 Å². The van der Waals surface area contributed by atoms with E-state index in [1.165, 1.54) is 21.2 Å². The normalized spacial score (nSPS) is 11.2. The Morgan fingerprint density at radius 2 is 0.667 bits per heavy atom. The van der Waals surface area contributed by atoms with Crippen LogP contribution in [0.2, 0.25) is 11.0 Å². The van der Waals surface area contributed by atoms with E-state index in [1.807, 2.05) is 0 Å². The van der Waals surface area contributed by atoms with Crippen LogP contribution in [0.3, 0.4) is 0 Å². The van der Waals surface area contributed by atoms with Crippen molar-refractivity contribution in [3.05, 3.63) is 121 Å². The molecule has 0 aliphatic carbocycles. The predicted molar refractivity (Wildman–Crippen MR) is 139 cm³/mol. The molecule has 0 aliphatic rings. The molecule has 0 aliphatic heterocycles. The van der Waals surface area contributed by atoms with Crippen LogP contribution in [-0.2, 0) is 0 Å². The standard InChI is InChI=1S/C25H21P2.2CH3.Ga/c1-5-13-22(14-6-1)26(23-15-7-2-8-16-23)21-27(24-17-9-3-10-18-24)25-19-11-4-12-20-25;;;/h1-21H;2*1H3;. The Labute approximate surface area is 188 Å². The van der Waals surface area contributed by atoms with Crippen LogP contribution < -0.4 is 21.2 Å². The average Bonchev–Trinajstić information content (AvgIpc) is 2.81. The van der Waals surface area contributed by atoms with Gasteiger partial charge < -0.3 is 0 Å².